The van der Waals surface area contributed by atoms with Gasteiger partial charge in [-0.1, -0.05) is 11.8 Å². The number of nitrogens with one attached hydrogen (secondary N) is 1. The van der Waals surface area contributed by atoms with Crippen LogP contribution in [0.3, 0.4) is 0 Å². The number of carbonyl (C=O) groups is 1. The number of amides is 1. The largest absolute Gasteiger partial charge is 0.324 e. The van der Waals surface area contributed by atoms with Crippen molar-refractivity contribution >= 4 is 45.0 Å². The number of anilines is 1. The zero-order valence-electron chi connectivity index (χ0n) is 10.5. The van der Waals surface area contributed by atoms with Crippen LogP contribution in [-0.4, -0.2) is 26.6 Å². The maximum Gasteiger partial charge on any atom is 0.270 e. The highest BCUT2D eigenvalue weighted by Gasteiger charge is 2.11. The molecule has 0 saturated heterocycles. The van der Waals surface area contributed by atoms with Crippen LogP contribution in [0.5, 0.6) is 0 Å². The first-order valence-corrected chi connectivity index (χ1v) is 7.48. The molecule has 0 aliphatic heterocycles. The number of hydrogen-bond acceptors (Lipinski definition) is 6. The summed E-state index contributed by atoms with van der Waals surface area (Å²) in [4.78, 5) is 29.9. The molecule has 0 radical (unpaired) electrons. The summed E-state index contributed by atoms with van der Waals surface area (Å²) < 4.78 is 0.450. The number of rotatable bonds is 5. The molecule has 9 heteroatoms. The molecular weight excluding hydrogens is 360 g/mol. The van der Waals surface area contributed by atoms with Crippen molar-refractivity contribution in [1.29, 1.82) is 0 Å². The van der Waals surface area contributed by atoms with E-state index in [9.17, 15) is 14.9 Å². The average molecular weight is 369 g/mol. The molecule has 1 amide bonds. The summed E-state index contributed by atoms with van der Waals surface area (Å²) in [6.07, 6.45) is 3.19. The van der Waals surface area contributed by atoms with E-state index in [-0.39, 0.29) is 17.3 Å². The number of nitro groups is 1. The van der Waals surface area contributed by atoms with E-state index in [0.717, 1.165) is 0 Å². The number of nitrogens with zero attached hydrogens (tertiary/aromatic N) is 3. The molecule has 0 aliphatic carbocycles. The van der Waals surface area contributed by atoms with E-state index >= 15 is 0 Å². The Morgan fingerprint density at radius 1 is 1.38 bits per heavy atom. The molecule has 0 spiro atoms. The van der Waals surface area contributed by atoms with Crippen molar-refractivity contribution in [2.24, 2.45) is 0 Å². The van der Waals surface area contributed by atoms with Gasteiger partial charge >= 0.3 is 0 Å². The van der Waals surface area contributed by atoms with Crippen molar-refractivity contribution in [1.82, 2.24) is 9.97 Å². The zero-order chi connectivity index (χ0) is 15.2. The normalized spacial score (nSPS) is 10.1. The van der Waals surface area contributed by atoms with Gasteiger partial charge in [-0.2, -0.15) is 0 Å². The van der Waals surface area contributed by atoms with Gasteiger partial charge in [0.15, 0.2) is 5.16 Å². The number of benzene rings is 1. The second kappa shape index (κ2) is 7.14. The summed E-state index contributed by atoms with van der Waals surface area (Å²) in [7, 11) is 0. The summed E-state index contributed by atoms with van der Waals surface area (Å²) in [5.41, 5.74) is 0.423. The number of thioether (sulfide) groups is 1. The highest BCUT2D eigenvalue weighted by Crippen LogP contribution is 2.27. The van der Waals surface area contributed by atoms with Crippen LogP contribution >= 0.6 is 27.7 Å². The van der Waals surface area contributed by atoms with Gasteiger partial charge in [-0.05, 0) is 28.1 Å². The Morgan fingerprint density at radius 3 is 2.71 bits per heavy atom. The predicted octanol–water partition coefficient (Wildman–Crippen LogP) is 2.88. The van der Waals surface area contributed by atoms with Crippen LogP contribution in [-0.2, 0) is 4.79 Å². The van der Waals surface area contributed by atoms with Crippen LogP contribution in [0.25, 0.3) is 0 Å². The molecule has 1 N–H and O–H groups in total. The molecule has 1 heterocycles. The Balaban J connectivity index is 1.95. The van der Waals surface area contributed by atoms with Gasteiger partial charge in [0.25, 0.3) is 5.69 Å². The number of hydrogen-bond donors (Lipinski definition) is 1. The second-order valence-corrected chi connectivity index (χ2v) is 5.59. The van der Waals surface area contributed by atoms with Crippen LogP contribution in [0.4, 0.5) is 11.4 Å². The van der Waals surface area contributed by atoms with Crippen LogP contribution in [0, 0.1) is 10.1 Å². The average Bonchev–Trinajstić information content (AvgIpc) is 2.48. The Labute approximate surface area is 132 Å². The van der Waals surface area contributed by atoms with E-state index in [1.807, 2.05) is 0 Å². The quantitative estimate of drug-likeness (QED) is 0.377. The van der Waals surface area contributed by atoms with Gasteiger partial charge in [0.05, 0.1) is 16.4 Å². The lowest BCUT2D eigenvalue weighted by atomic mass is 10.3. The first-order valence-electron chi connectivity index (χ1n) is 5.70. The Hall–Kier alpha value is -2.00. The van der Waals surface area contributed by atoms with Crippen molar-refractivity contribution in [2.75, 3.05) is 11.1 Å². The molecule has 2 rings (SSSR count). The van der Waals surface area contributed by atoms with Crippen LogP contribution in [0.15, 0.2) is 46.3 Å². The standard InChI is InChI=1S/C12H9BrN4O3S/c13-9-6-8(17(19)20)2-3-10(9)16-11(18)7-21-12-14-4-1-5-15-12/h1-6H,7H2,(H,16,18). The van der Waals surface area contributed by atoms with Gasteiger partial charge in [0.2, 0.25) is 5.91 Å². The van der Waals surface area contributed by atoms with E-state index in [4.69, 9.17) is 0 Å². The fourth-order valence-corrected chi connectivity index (χ4v) is 2.46. The third-order valence-electron chi connectivity index (χ3n) is 2.31. The van der Waals surface area contributed by atoms with Gasteiger partial charge in [-0.15, -0.1) is 0 Å². The molecule has 1 aromatic heterocycles. The third kappa shape index (κ3) is 4.50. The van der Waals surface area contributed by atoms with Gasteiger partial charge in [-0.3, -0.25) is 14.9 Å². The predicted molar refractivity (Wildman–Crippen MR) is 82.2 cm³/mol. The van der Waals surface area contributed by atoms with Gasteiger partial charge in [-0.25, -0.2) is 9.97 Å². The minimum Gasteiger partial charge on any atom is -0.324 e. The lowest BCUT2D eigenvalue weighted by Gasteiger charge is -2.06. The summed E-state index contributed by atoms with van der Waals surface area (Å²) in [6.45, 7) is 0. The Morgan fingerprint density at radius 2 is 2.10 bits per heavy atom. The highest BCUT2D eigenvalue weighted by molar-refractivity contribution is 9.10. The number of carbonyl (C=O) groups excluding carboxylic acids is 1. The second-order valence-electron chi connectivity index (χ2n) is 3.79. The third-order valence-corrected chi connectivity index (χ3v) is 3.84. The van der Waals surface area contributed by atoms with E-state index in [0.29, 0.717) is 15.3 Å². The SMILES string of the molecule is O=C(CSc1ncccn1)Nc1ccc([N+](=O)[O-])cc1Br. The van der Waals surface area contributed by atoms with Gasteiger partial charge < -0.3 is 5.32 Å². The summed E-state index contributed by atoms with van der Waals surface area (Å²) in [5.74, 6) is -0.102. The van der Waals surface area contributed by atoms with Gasteiger partial charge in [0.1, 0.15) is 0 Å². The number of aromatic nitrogens is 2. The maximum absolute atomic E-state index is 11.8. The lowest BCUT2D eigenvalue weighted by Crippen LogP contribution is -2.14. The first-order chi connectivity index (χ1) is 10.1. The fourth-order valence-electron chi connectivity index (χ4n) is 1.40. The van der Waals surface area contributed by atoms with Crippen LogP contribution in [0.1, 0.15) is 0 Å². The molecule has 1 aromatic carbocycles. The summed E-state index contributed by atoms with van der Waals surface area (Å²) >= 11 is 4.39. The van der Waals surface area contributed by atoms with Crippen LogP contribution < -0.4 is 5.32 Å². The molecule has 108 valence electrons. The molecule has 0 aliphatic rings. The van der Waals surface area contributed by atoms with Crippen molar-refractivity contribution in [3.05, 3.63) is 51.2 Å². The molecule has 7 nitrogen and oxygen atoms in total. The fraction of sp³-hybridized carbons (Fsp3) is 0.0833. The van der Waals surface area contributed by atoms with Crippen molar-refractivity contribution < 1.29 is 9.72 Å². The lowest BCUT2D eigenvalue weighted by molar-refractivity contribution is -0.384. The van der Waals surface area contributed by atoms with E-state index in [1.165, 1.54) is 30.0 Å². The van der Waals surface area contributed by atoms with E-state index in [1.54, 1.807) is 18.5 Å². The molecule has 0 bridgehead atoms. The maximum atomic E-state index is 11.8. The molecule has 0 unspecified atom stereocenters. The topological polar surface area (TPSA) is 98.0 Å². The molecule has 21 heavy (non-hydrogen) atoms. The number of nitro benzene ring substituents is 1. The molecule has 0 fully saturated rings. The van der Waals surface area contributed by atoms with Crippen molar-refractivity contribution in [2.45, 2.75) is 5.16 Å². The monoisotopic (exact) mass is 368 g/mol. The van der Waals surface area contributed by atoms with Crippen molar-refractivity contribution in [3.63, 3.8) is 0 Å². The molecule has 0 atom stereocenters. The number of non-ortho nitro benzene ring substituents is 1. The first kappa shape index (κ1) is 15.4. The van der Waals surface area contributed by atoms with Crippen molar-refractivity contribution in [3.8, 4) is 0 Å². The highest BCUT2D eigenvalue weighted by atomic mass is 79.9. The smallest absolute Gasteiger partial charge is 0.270 e. The van der Waals surface area contributed by atoms with E-state index < -0.39 is 4.92 Å². The van der Waals surface area contributed by atoms with E-state index in [2.05, 4.69) is 31.2 Å². The zero-order valence-corrected chi connectivity index (χ0v) is 12.9. The number of halogens is 1. The Kier molecular flexibility index (Phi) is 5.23. The Bertz CT molecular complexity index is 669. The molecule has 0 saturated carbocycles. The summed E-state index contributed by atoms with van der Waals surface area (Å²) in [5, 5.41) is 13.8. The summed E-state index contributed by atoms with van der Waals surface area (Å²) in [6, 6.07) is 5.83. The molecular formula is C12H9BrN4O3S. The minimum absolute atomic E-state index is 0.0491. The molecule has 2 aromatic rings. The van der Waals surface area contributed by atoms with Crippen LogP contribution in [0.2, 0.25) is 0 Å². The minimum atomic E-state index is -0.501. The van der Waals surface area contributed by atoms with Gasteiger partial charge in [0, 0.05) is 29.0 Å².